The largest absolute Gasteiger partial charge is 0.481 e. The molecular weight excluding hydrogens is 1030 g/mol. The summed E-state index contributed by atoms with van der Waals surface area (Å²) in [6, 6.07) is 0. The van der Waals surface area contributed by atoms with Gasteiger partial charge in [0.25, 0.3) is 0 Å². The van der Waals surface area contributed by atoms with Crippen molar-refractivity contribution in [2.24, 2.45) is 0 Å². The summed E-state index contributed by atoms with van der Waals surface area (Å²) in [5, 5.41) is 52.6. The molecule has 0 fully saturated rings. The number of aliphatic hydroxyl groups excluding tert-OH is 4. The molecule has 0 aromatic heterocycles. The second-order valence-electron chi connectivity index (χ2n) is 24.2. The zero-order valence-electron chi connectivity index (χ0n) is 54.1. The van der Waals surface area contributed by atoms with Gasteiger partial charge in [-0.1, -0.05) is 335 Å². The number of carboxylic acids is 2. The fourth-order valence-corrected chi connectivity index (χ4v) is 10.4. The van der Waals surface area contributed by atoms with E-state index < -0.39 is 24.1 Å². The first-order valence-corrected chi connectivity index (χ1v) is 35.4. The van der Waals surface area contributed by atoms with Crippen molar-refractivity contribution in [3.8, 4) is 0 Å². The smallest absolute Gasteiger partial charge is 0.305 e. The normalized spacial score (nSPS) is 11.8. The molecule has 6 N–H and O–H groups in total. The quantitative estimate of drug-likeness (QED) is 0.0248. The molecule has 490 valence electrons. The van der Waals surface area contributed by atoms with Crippen LogP contribution in [0.2, 0.25) is 0 Å². The topological polar surface area (TPSA) is 208 Å². The fourth-order valence-electron chi connectivity index (χ4n) is 10.4. The van der Waals surface area contributed by atoms with Gasteiger partial charge < -0.3 is 40.1 Å². The SMILES string of the molecule is CCCCCCCCCCCCCCCCCCCCCC(=O)OCC(O)CO.CCCCCCCCCCCCCCCCCCCCCC(=O)OCC(O)CO.O=C(O)CCCCCCCCCCCCCCCCCCC(=O)O. The van der Waals surface area contributed by atoms with Crippen LogP contribution in [0.1, 0.15) is 386 Å². The number of aliphatic hydroxyl groups is 4. The Morgan fingerprint density at radius 3 is 0.549 bits per heavy atom. The minimum atomic E-state index is -0.955. The third-order valence-corrected chi connectivity index (χ3v) is 15.8. The van der Waals surface area contributed by atoms with E-state index in [1.807, 2.05) is 0 Å². The molecule has 2 atom stereocenters. The van der Waals surface area contributed by atoms with Gasteiger partial charge >= 0.3 is 23.9 Å². The number of rotatable bonds is 65. The summed E-state index contributed by atoms with van der Waals surface area (Å²) in [7, 11) is 0. The second kappa shape index (κ2) is 74.8. The van der Waals surface area contributed by atoms with E-state index >= 15 is 0 Å². The maximum Gasteiger partial charge on any atom is 0.305 e. The molecule has 82 heavy (non-hydrogen) atoms. The highest BCUT2D eigenvalue weighted by atomic mass is 16.5. The van der Waals surface area contributed by atoms with Crippen molar-refractivity contribution in [3.63, 3.8) is 0 Å². The minimum Gasteiger partial charge on any atom is -0.481 e. The van der Waals surface area contributed by atoms with E-state index in [2.05, 4.69) is 13.8 Å². The van der Waals surface area contributed by atoms with Crippen LogP contribution in [0, 0.1) is 0 Å². The molecule has 0 aliphatic rings. The third kappa shape index (κ3) is 81.9. The molecule has 12 nitrogen and oxygen atoms in total. The van der Waals surface area contributed by atoms with E-state index in [1.54, 1.807) is 0 Å². The first-order chi connectivity index (χ1) is 40.0. The zero-order valence-corrected chi connectivity index (χ0v) is 54.1. The Kier molecular flexibility index (Phi) is 76.6. The average molecular weight is 1170 g/mol. The Hall–Kier alpha value is -2.28. The summed E-state index contributed by atoms with van der Waals surface area (Å²) in [4.78, 5) is 43.6. The number of esters is 2. The van der Waals surface area contributed by atoms with E-state index in [0.717, 1.165) is 51.4 Å². The van der Waals surface area contributed by atoms with Crippen LogP contribution >= 0.6 is 0 Å². The molecule has 0 aliphatic heterocycles. The standard InChI is InChI=1S/2C25H50O4.C20H38O4/c2*1-2-3-4-5-6-7-8-9-10-11-12-13-14-15-16-17-18-19-20-21-25(28)29-23-24(27)22-26;21-19(22)17-15-13-11-9-7-5-3-1-2-4-6-8-10-12-14-16-18-20(23)24/h2*24,26-27H,2-23H2,1H3;1-18H2,(H,21,22)(H,23,24). The van der Waals surface area contributed by atoms with Crippen molar-refractivity contribution in [1.29, 1.82) is 0 Å². The van der Waals surface area contributed by atoms with Crippen molar-refractivity contribution < 1.29 is 59.3 Å². The van der Waals surface area contributed by atoms with Crippen molar-refractivity contribution in [2.75, 3.05) is 26.4 Å². The monoisotopic (exact) mass is 1170 g/mol. The van der Waals surface area contributed by atoms with E-state index in [9.17, 15) is 19.2 Å². The maximum absolute atomic E-state index is 11.4. The van der Waals surface area contributed by atoms with Crippen molar-refractivity contribution in [2.45, 2.75) is 398 Å². The molecule has 0 aromatic carbocycles. The van der Waals surface area contributed by atoms with E-state index in [-0.39, 0.29) is 38.4 Å². The molecule has 12 heteroatoms. The van der Waals surface area contributed by atoms with Gasteiger partial charge in [0, 0.05) is 25.7 Å². The Morgan fingerprint density at radius 2 is 0.402 bits per heavy atom. The van der Waals surface area contributed by atoms with Gasteiger partial charge in [-0.15, -0.1) is 0 Å². The van der Waals surface area contributed by atoms with E-state index in [0.29, 0.717) is 25.7 Å². The first-order valence-electron chi connectivity index (χ1n) is 35.4. The number of carbonyl (C=O) groups is 4. The number of ether oxygens (including phenoxy) is 2. The van der Waals surface area contributed by atoms with Crippen LogP contribution in [-0.4, -0.2) is 93.2 Å². The predicted molar refractivity (Wildman–Crippen MR) is 343 cm³/mol. The summed E-state index contributed by atoms with van der Waals surface area (Å²) in [6.07, 6.45) is 69.7. The van der Waals surface area contributed by atoms with Gasteiger partial charge in [0.1, 0.15) is 25.4 Å². The highest BCUT2D eigenvalue weighted by Crippen LogP contribution is 2.19. The van der Waals surface area contributed by atoms with Gasteiger partial charge in [-0.2, -0.15) is 0 Å². The number of hydrogen-bond acceptors (Lipinski definition) is 10. The van der Waals surface area contributed by atoms with Gasteiger partial charge in [-0.25, -0.2) is 0 Å². The second-order valence-corrected chi connectivity index (χ2v) is 24.2. The summed E-state index contributed by atoms with van der Waals surface area (Å²) in [5.74, 6) is -1.89. The Balaban J connectivity index is -0.00000115. The van der Waals surface area contributed by atoms with Gasteiger partial charge in [-0.05, 0) is 25.7 Å². The molecule has 0 heterocycles. The lowest BCUT2D eigenvalue weighted by atomic mass is 10.0. The van der Waals surface area contributed by atoms with Gasteiger partial charge in [0.05, 0.1) is 13.2 Å². The van der Waals surface area contributed by atoms with Crippen LogP contribution < -0.4 is 0 Å². The predicted octanol–water partition coefficient (Wildman–Crippen LogP) is 19.6. The summed E-state index contributed by atoms with van der Waals surface area (Å²) in [6.45, 7) is 3.62. The highest BCUT2D eigenvalue weighted by molar-refractivity contribution is 5.69. The van der Waals surface area contributed by atoms with E-state index in [4.69, 9.17) is 40.1 Å². The molecule has 0 saturated carbocycles. The third-order valence-electron chi connectivity index (χ3n) is 15.8. The molecule has 0 bridgehead atoms. The molecule has 0 amide bonds. The van der Waals surface area contributed by atoms with Crippen LogP contribution in [0.5, 0.6) is 0 Å². The number of aliphatic carboxylic acids is 2. The van der Waals surface area contributed by atoms with Crippen LogP contribution in [0.15, 0.2) is 0 Å². The Labute approximate surface area is 506 Å². The molecule has 0 rings (SSSR count). The Morgan fingerprint density at radius 1 is 0.256 bits per heavy atom. The number of carbonyl (C=O) groups excluding carboxylic acids is 2. The van der Waals surface area contributed by atoms with Crippen molar-refractivity contribution >= 4 is 23.9 Å². The molecular formula is C70H138O12. The molecule has 0 radical (unpaired) electrons. The lowest BCUT2D eigenvalue weighted by Gasteiger charge is -2.08. The van der Waals surface area contributed by atoms with Crippen molar-refractivity contribution in [3.05, 3.63) is 0 Å². The maximum atomic E-state index is 11.4. The summed E-state index contributed by atoms with van der Waals surface area (Å²) in [5.41, 5.74) is 0. The number of unbranched alkanes of at least 4 members (excludes halogenated alkanes) is 51. The van der Waals surface area contributed by atoms with Crippen LogP contribution in [-0.2, 0) is 28.7 Å². The Bertz CT molecular complexity index is 1170. The zero-order chi connectivity index (χ0) is 60.7. The molecule has 0 aromatic rings. The highest BCUT2D eigenvalue weighted by Gasteiger charge is 2.09. The molecule has 2 unspecified atom stereocenters. The van der Waals surface area contributed by atoms with Crippen LogP contribution in [0.25, 0.3) is 0 Å². The van der Waals surface area contributed by atoms with Crippen LogP contribution in [0.4, 0.5) is 0 Å². The van der Waals surface area contributed by atoms with E-state index in [1.165, 1.54) is 295 Å². The average Bonchev–Trinajstić information content (AvgIpc) is 3.46. The lowest BCUT2D eigenvalue weighted by molar-refractivity contribution is -0.148. The van der Waals surface area contributed by atoms with Gasteiger partial charge in [-0.3, -0.25) is 19.2 Å². The number of carboxylic acid groups (broad SMARTS) is 2. The fraction of sp³-hybridized carbons (Fsp3) is 0.943. The van der Waals surface area contributed by atoms with Gasteiger partial charge in [0.2, 0.25) is 0 Å². The van der Waals surface area contributed by atoms with Gasteiger partial charge in [0.15, 0.2) is 0 Å². The molecule has 0 saturated heterocycles. The summed E-state index contributed by atoms with van der Waals surface area (Å²) < 4.78 is 9.77. The summed E-state index contributed by atoms with van der Waals surface area (Å²) >= 11 is 0. The molecule has 0 spiro atoms. The van der Waals surface area contributed by atoms with Crippen molar-refractivity contribution in [1.82, 2.24) is 0 Å². The van der Waals surface area contributed by atoms with Crippen LogP contribution in [0.3, 0.4) is 0 Å². The first kappa shape index (κ1) is 83.9. The lowest BCUT2D eigenvalue weighted by Crippen LogP contribution is -2.21. The minimum absolute atomic E-state index is 0.103. The number of hydrogen-bond donors (Lipinski definition) is 6. The molecule has 0 aliphatic carbocycles.